The number of hydrogen-bond acceptors (Lipinski definition) is 3. The summed E-state index contributed by atoms with van der Waals surface area (Å²) in [5, 5.41) is 11.3. The molecule has 1 amide bonds. The molecule has 0 bridgehead atoms. The summed E-state index contributed by atoms with van der Waals surface area (Å²) in [4.78, 5) is 14.4. The van der Waals surface area contributed by atoms with Gasteiger partial charge >= 0.3 is 0 Å². The van der Waals surface area contributed by atoms with Gasteiger partial charge in [0.1, 0.15) is 5.54 Å². The Balaban J connectivity index is 1.73. The number of likely N-dealkylation sites (N-methyl/N-ethyl adjacent to an activating group) is 1. The summed E-state index contributed by atoms with van der Waals surface area (Å²) in [5.74, 6) is 1.49. The molecule has 0 aromatic heterocycles. The van der Waals surface area contributed by atoms with E-state index in [1.807, 2.05) is 6.08 Å². The zero-order valence-corrected chi connectivity index (χ0v) is 16.3. The normalized spacial score (nSPS) is 32.5. The number of nitrogens with zero attached hydrogens (tertiary/aromatic N) is 1. The number of hydrogen-bond donors (Lipinski definition) is 2. The monoisotopic (exact) mass is 359 g/mol. The number of ether oxygens (including phenoxy) is 1. The van der Waals surface area contributed by atoms with Crippen LogP contribution in [-0.4, -0.2) is 42.1 Å². The van der Waals surface area contributed by atoms with Gasteiger partial charge in [-0.05, 0) is 18.3 Å². The molecule has 144 valence electrons. The van der Waals surface area contributed by atoms with Crippen LogP contribution in [-0.2, 0) is 9.53 Å². The van der Waals surface area contributed by atoms with Crippen molar-refractivity contribution in [2.45, 2.75) is 64.0 Å². The van der Waals surface area contributed by atoms with Crippen LogP contribution in [0.5, 0.6) is 0 Å². The summed E-state index contributed by atoms with van der Waals surface area (Å²) in [6.07, 6.45) is 15.3. The molecule has 5 heteroatoms. The Hall–Kier alpha value is -1.62. The third-order valence-electron chi connectivity index (χ3n) is 6.19. The number of guanidine groups is 1. The molecule has 26 heavy (non-hydrogen) atoms. The first-order valence-corrected chi connectivity index (χ1v) is 10.0. The summed E-state index contributed by atoms with van der Waals surface area (Å²) < 4.78 is 6.31. The van der Waals surface area contributed by atoms with E-state index in [0.29, 0.717) is 24.4 Å². The van der Waals surface area contributed by atoms with Crippen molar-refractivity contribution in [2.75, 3.05) is 13.7 Å². The Labute approximate surface area is 157 Å². The Kier molecular flexibility index (Phi) is 5.86. The molecule has 2 fully saturated rings. The summed E-state index contributed by atoms with van der Waals surface area (Å²) in [6.45, 7) is 4.72. The minimum atomic E-state index is -0.787. The van der Waals surface area contributed by atoms with Gasteiger partial charge in [-0.1, -0.05) is 70.3 Å². The molecule has 0 radical (unpaired) electrons. The molecule has 0 spiro atoms. The Morgan fingerprint density at radius 2 is 1.96 bits per heavy atom. The first kappa shape index (κ1) is 19.2. The molecule has 3 aliphatic rings. The van der Waals surface area contributed by atoms with Crippen LogP contribution in [0, 0.1) is 23.2 Å². The van der Waals surface area contributed by atoms with E-state index in [-0.39, 0.29) is 18.0 Å². The highest BCUT2D eigenvalue weighted by Gasteiger charge is 2.50. The van der Waals surface area contributed by atoms with Gasteiger partial charge in [0.25, 0.3) is 5.91 Å². The van der Waals surface area contributed by atoms with Crippen molar-refractivity contribution in [2.24, 2.45) is 17.8 Å². The maximum Gasteiger partial charge on any atom is 0.257 e. The van der Waals surface area contributed by atoms with Gasteiger partial charge in [-0.15, -0.1) is 0 Å². The van der Waals surface area contributed by atoms with E-state index >= 15 is 0 Å². The lowest BCUT2D eigenvalue weighted by atomic mass is 9.79. The lowest BCUT2D eigenvalue weighted by Crippen LogP contribution is -2.53. The van der Waals surface area contributed by atoms with Crippen LogP contribution in [0.25, 0.3) is 0 Å². The summed E-state index contributed by atoms with van der Waals surface area (Å²) in [5.41, 5.74) is -0.787. The molecule has 1 aliphatic heterocycles. The molecule has 2 aliphatic carbocycles. The van der Waals surface area contributed by atoms with Crippen molar-refractivity contribution in [1.29, 1.82) is 5.41 Å². The van der Waals surface area contributed by atoms with Crippen LogP contribution in [0.2, 0.25) is 0 Å². The Morgan fingerprint density at radius 3 is 2.58 bits per heavy atom. The first-order valence-electron chi connectivity index (χ1n) is 10.0. The van der Waals surface area contributed by atoms with Crippen molar-refractivity contribution < 1.29 is 9.53 Å². The van der Waals surface area contributed by atoms with Gasteiger partial charge < -0.3 is 10.1 Å². The third-order valence-corrected chi connectivity index (χ3v) is 6.19. The van der Waals surface area contributed by atoms with Crippen LogP contribution >= 0.6 is 0 Å². The van der Waals surface area contributed by atoms with Gasteiger partial charge in [-0.2, -0.15) is 0 Å². The molecule has 2 N–H and O–H groups in total. The molecule has 1 saturated heterocycles. The smallest absolute Gasteiger partial charge is 0.257 e. The molecular weight excluding hydrogens is 326 g/mol. The fraction of sp³-hybridized carbons (Fsp3) is 0.714. The minimum absolute atomic E-state index is 0.0158. The Morgan fingerprint density at radius 1 is 1.27 bits per heavy atom. The first-order chi connectivity index (χ1) is 12.4. The van der Waals surface area contributed by atoms with Gasteiger partial charge in [0.15, 0.2) is 5.96 Å². The van der Waals surface area contributed by atoms with Gasteiger partial charge in [-0.3, -0.25) is 15.1 Å². The number of rotatable bonds is 6. The zero-order valence-electron chi connectivity index (χ0n) is 16.3. The molecule has 3 rings (SSSR count). The highest BCUT2D eigenvalue weighted by molar-refractivity contribution is 6.07. The highest BCUT2D eigenvalue weighted by atomic mass is 16.5. The molecule has 5 nitrogen and oxygen atoms in total. The van der Waals surface area contributed by atoms with Crippen molar-refractivity contribution >= 4 is 11.9 Å². The van der Waals surface area contributed by atoms with E-state index in [2.05, 4.69) is 37.4 Å². The van der Waals surface area contributed by atoms with Gasteiger partial charge in [0.05, 0.1) is 12.7 Å². The largest absolute Gasteiger partial charge is 0.371 e. The lowest BCUT2D eigenvalue weighted by Gasteiger charge is -2.35. The molecule has 3 atom stereocenters. The van der Waals surface area contributed by atoms with Crippen LogP contribution in [0.1, 0.15) is 52.4 Å². The molecule has 0 aromatic carbocycles. The van der Waals surface area contributed by atoms with Crippen molar-refractivity contribution in [1.82, 2.24) is 10.2 Å². The second-order valence-corrected chi connectivity index (χ2v) is 8.49. The number of carbonyl (C=O) groups excluding carboxylic acids is 1. The maximum absolute atomic E-state index is 13.0. The maximum atomic E-state index is 13.0. The number of carbonyl (C=O) groups is 1. The molecular formula is C21H33N3O2. The standard InChI is InChI=1S/C21H33N3O2/c1-15(2)17-11-7-8-12-18(17)26-14-21(13-16-9-5-4-6-10-16)19(25)24(3)20(22)23-21/h7-8,11-12,15-18H,4-6,9-10,13-14H2,1-3H3,(H2,22,23). The molecule has 3 unspecified atom stereocenters. The SMILES string of the molecule is CC(C)C1C=CC=CC1OCC1(CC2CCCCC2)NC(=N)N(C)C1=O. The van der Waals surface area contributed by atoms with Gasteiger partial charge in [-0.25, -0.2) is 0 Å². The van der Waals surface area contributed by atoms with E-state index in [9.17, 15) is 4.79 Å². The Bertz CT molecular complexity index is 592. The average Bonchev–Trinajstić information content (AvgIpc) is 2.85. The third kappa shape index (κ3) is 3.88. The van der Waals surface area contributed by atoms with Crippen molar-refractivity contribution in [3.05, 3.63) is 24.3 Å². The second kappa shape index (κ2) is 7.95. The quantitative estimate of drug-likeness (QED) is 0.763. The van der Waals surface area contributed by atoms with Crippen LogP contribution < -0.4 is 5.32 Å². The van der Waals surface area contributed by atoms with Crippen LogP contribution in [0.4, 0.5) is 0 Å². The summed E-state index contributed by atoms with van der Waals surface area (Å²) >= 11 is 0. The number of amides is 1. The summed E-state index contributed by atoms with van der Waals surface area (Å²) in [6, 6.07) is 0. The molecule has 1 saturated carbocycles. The fourth-order valence-corrected chi connectivity index (χ4v) is 4.58. The fourth-order valence-electron chi connectivity index (χ4n) is 4.58. The van der Waals surface area contributed by atoms with Crippen LogP contribution in [0.15, 0.2) is 24.3 Å². The van der Waals surface area contributed by atoms with E-state index in [1.54, 1.807) is 7.05 Å². The van der Waals surface area contributed by atoms with E-state index in [1.165, 1.54) is 37.0 Å². The van der Waals surface area contributed by atoms with Crippen molar-refractivity contribution in [3.8, 4) is 0 Å². The van der Waals surface area contributed by atoms with Crippen molar-refractivity contribution in [3.63, 3.8) is 0 Å². The van der Waals surface area contributed by atoms with Gasteiger partial charge in [0.2, 0.25) is 0 Å². The van der Waals surface area contributed by atoms with E-state index in [4.69, 9.17) is 10.1 Å². The zero-order chi connectivity index (χ0) is 18.7. The van der Waals surface area contributed by atoms with Crippen LogP contribution in [0.3, 0.4) is 0 Å². The van der Waals surface area contributed by atoms with E-state index in [0.717, 1.165) is 6.42 Å². The molecule has 0 aromatic rings. The highest BCUT2D eigenvalue weighted by Crippen LogP contribution is 2.34. The topological polar surface area (TPSA) is 65.4 Å². The predicted octanol–water partition coefficient (Wildman–Crippen LogP) is 3.48. The molecule has 1 heterocycles. The number of allylic oxidation sites excluding steroid dienone is 2. The van der Waals surface area contributed by atoms with Gasteiger partial charge in [0, 0.05) is 13.0 Å². The van der Waals surface area contributed by atoms with E-state index < -0.39 is 5.54 Å². The minimum Gasteiger partial charge on any atom is -0.371 e. The predicted molar refractivity (Wildman–Crippen MR) is 104 cm³/mol. The lowest BCUT2D eigenvalue weighted by molar-refractivity contribution is -0.134. The average molecular weight is 360 g/mol. The second-order valence-electron chi connectivity index (χ2n) is 8.49. The number of nitrogens with one attached hydrogen (secondary N) is 2. The summed E-state index contributed by atoms with van der Waals surface area (Å²) in [7, 11) is 1.68.